The van der Waals surface area contributed by atoms with Crippen LogP contribution in [-0.2, 0) is 14.3 Å². The summed E-state index contributed by atoms with van der Waals surface area (Å²) in [6, 6.07) is 18.7. The molecule has 10 nitrogen and oxygen atoms in total. The number of anilines is 2. The minimum absolute atomic E-state index is 0.0644. The normalized spacial score (nSPS) is 35.9. The number of benzene rings is 2. The van der Waals surface area contributed by atoms with Crippen LogP contribution in [-0.4, -0.2) is 41.5 Å². The lowest BCUT2D eigenvalue weighted by molar-refractivity contribution is -0.205. The van der Waals surface area contributed by atoms with Gasteiger partial charge in [-0.25, -0.2) is 15.4 Å². The van der Waals surface area contributed by atoms with Crippen LogP contribution in [0.15, 0.2) is 60.7 Å². The highest BCUT2D eigenvalue weighted by Crippen LogP contribution is 2.69. The summed E-state index contributed by atoms with van der Waals surface area (Å²) < 4.78 is 12.9. The first-order chi connectivity index (χ1) is 23.0. The second kappa shape index (κ2) is 14.1. The molecule has 0 unspecified atom stereocenters. The van der Waals surface area contributed by atoms with Crippen molar-refractivity contribution in [2.45, 2.75) is 96.9 Å². The Kier molecular flexibility index (Phi) is 10.0. The minimum Gasteiger partial charge on any atom is -0.446 e. The van der Waals surface area contributed by atoms with Crippen LogP contribution in [0, 0.1) is 46.3 Å². The first-order valence-corrected chi connectivity index (χ1v) is 17.8. The third kappa shape index (κ3) is 6.66. The Morgan fingerprint density at radius 3 is 2.12 bits per heavy atom. The molecular formula is C38H52N4O6. The average molecular weight is 661 g/mol. The van der Waals surface area contributed by atoms with Gasteiger partial charge in [0.2, 0.25) is 5.91 Å². The molecule has 4 fully saturated rings. The summed E-state index contributed by atoms with van der Waals surface area (Å²) in [4.78, 5) is 39.2. The first-order valence-electron chi connectivity index (χ1n) is 17.8. The molecule has 2 aromatic carbocycles. The number of carbonyl (C=O) groups excluding carboxylic acids is 3. The molecule has 0 spiro atoms. The SMILES string of the molecule is C[C@H](CCC(=O)NN)[C@H]1CC[C@H]2[C@@H]3[C@H](OC(=O)Nc4ccccc4)C[C@@H]4C[C@H](O)CC[C@]4(C)[C@H]3C[C@H](OC(=O)Nc3ccccc3)[C@]12C. The molecule has 0 saturated heterocycles. The smallest absolute Gasteiger partial charge is 0.411 e. The van der Waals surface area contributed by atoms with E-state index < -0.39 is 17.6 Å². The van der Waals surface area contributed by atoms with Crippen molar-refractivity contribution in [3.63, 3.8) is 0 Å². The predicted molar refractivity (Wildman–Crippen MR) is 183 cm³/mol. The van der Waals surface area contributed by atoms with E-state index in [1.54, 1.807) is 0 Å². The first kappa shape index (κ1) is 34.2. The summed E-state index contributed by atoms with van der Waals surface area (Å²) in [6.45, 7) is 6.81. The fourth-order valence-electron chi connectivity index (χ4n) is 10.6. The van der Waals surface area contributed by atoms with Crippen LogP contribution in [0.3, 0.4) is 0 Å². The maximum absolute atomic E-state index is 13.6. The van der Waals surface area contributed by atoms with Gasteiger partial charge in [-0.2, -0.15) is 0 Å². The van der Waals surface area contributed by atoms with E-state index in [0.717, 1.165) is 25.7 Å². The van der Waals surface area contributed by atoms with Gasteiger partial charge >= 0.3 is 12.2 Å². The number of rotatable bonds is 8. The number of hydrogen-bond donors (Lipinski definition) is 5. The third-order valence-corrected chi connectivity index (χ3v) is 13.0. The number of aliphatic hydroxyl groups is 1. The van der Waals surface area contributed by atoms with Crippen molar-refractivity contribution >= 4 is 29.5 Å². The van der Waals surface area contributed by atoms with Crippen molar-refractivity contribution in [3.8, 4) is 0 Å². The van der Waals surface area contributed by atoms with Gasteiger partial charge < -0.3 is 14.6 Å². The fraction of sp³-hybridized carbons (Fsp3) is 0.605. The lowest BCUT2D eigenvalue weighted by Crippen LogP contribution is -2.63. The molecule has 260 valence electrons. The average Bonchev–Trinajstić information content (AvgIpc) is 3.43. The molecule has 6 rings (SSSR count). The van der Waals surface area contributed by atoms with Crippen molar-refractivity contribution in [1.82, 2.24) is 5.43 Å². The Balaban J connectivity index is 1.34. The number of fused-ring (bicyclic) bond motifs is 5. The summed E-state index contributed by atoms with van der Waals surface area (Å²) in [5, 5.41) is 16.7. The molecule has 11 atom stereocenters. The van der Waals surface area contributed by atoms with E-state index in [1.807, 2.05) is 60.7 Å². The Bertz CT molecular complexity index is 1440. The van der Waals surface area contributed by atoms with E-state index in [1.165, 1.54) is 0 Å². The molecule has 0 aliphatic heterocycles. The van der Waals surface area contributed by atoms with Crippen LogP contribution in [0.2, 0.25) is 0 Å². The maximum Gasteiger partial charge on any atom is 0.411 e. The number of hydrogen-bond acceptors (Lipinski definition) is 7. The summed E-state index contributed by atoms with van der Waals surface area (Å²) in [7, 11) is 0. The van der Waals surface area contributed by atoms with Gasteiger partial charge in [-0.05, 0) is 111 Å². The van der Waals surface area contributed by atoms with E-state index in [-0.39, 0.29) is 65.1 Å². The van der Waals surface area contributed by atoms with Gasteiger partial charge in [-0.15, -0.1) is 0 Å². The van der Waals surface area contributed by atoms with Crippen LogP contribution in [0.1, 0.15) is 78.6 Å². The maximum atomic E-state index is 13.6. The Morgan fingerprint density at radius 1 is 0.875 bits per heavy atom. The van der Waals surface area contributed by atoms with Crippen molar-refractivity contribution in [1.29, 1.82) is 0 Å². The zero-order chi connectivity index (χ0) is 34.1. The molecule has 6 N–H and O–H groups in total. The number of nitrogens with two attached hydrogens (primary N) is 1. The number of para-hydroxylation sites is 2. The van der Waals surface area contributed by atoms with E-state index in [0.29, 0.717) is 43.5 Å². The monoisotopic (exact) mass is 660 g/mol. The van der Waals surface area contributed by atoms with Gasteiger partial charge in [0, 0.05) is 29.1 Å². The Morgan fingerprint density at radius 2 is 1.50 bits per heavy atom. The molecule has 0 aromatic heterocycles. The predicted octanol–water partition coefficient (Wildman–Crippen LogP) is 6.87. The highest BCUT2D eigenvalue weighted by Gasteiger charge is 2.67. The van der Waals surface area contributed by atoms with Crippen LogP contribution in [0.4, 0.5) is 21.0 Å². The quantitative estimate of drug-likeness (QED) is 0.118. The van der Waals surface area contributed by atoms with Gasteiger partial charge in [0.05, 0.1) is 6.10 Å². The molecular weight excluding hydrogens is 608 g/mol. The van der Waals surface area contributed by atoms with Crippen molar-refractivity contribution in [2.24, 2.45) is 52.2 Å². The largest absolute Gasteiger partial charge is 0.446 e. The van der Waals surface area contributed by atoms with Crippen LogP contribution < -0.4 is 21.9 Å². The molecule has 3 amide bonds. The molecule has 2 aromatic rings. The standard InChI is InChI=1S/C38H52N4O6/c1-23(14-17-33(44)42-39)28-15-16-29-34-30(22-32(38(28,29)3)48-36(46)41-26-12-8-5-9-13-26)37(2)19-18-27(43)20-24(37)21-31(34)47-35(45)40-25-10-6-4-7-11-25/h4-13,23-24,27-32,34,43H,14-22,39H2,1-3H3,(H,40,45)(H,41,46)(H,42,44)/t23-,24+,27-,28-,29+,30+,31-,32+,34+,37+,38-/m1/s1. The second-order valence-electron chi connectivity index (χ2n) is 15.3. The third-order valence-electron chi connectivity index (χ3n) is 13.0. The number of carbonyl (C=O) groups is 3. The highest BCUT2D eigenvalue weighted by molar-refractivity contribution is 5.85. The van der Waals surface area contributed by atoms with Crippen molar-refractivity contribution < 1.29 is 29.0 Å². The van der Waals surface area contributed by atoms with Crippen LogP contribution >= 0.6 is 0 Å². The topological polar surface area (TPSA) is 152 Å². The zero-order valence-electron chi connectivity index (χ0n) is 28.4. The molecule has 10 heteroatoms. The van der Waals surface area contributed by atoms with Gasteiger partial charge in [0.25, 0.3) is 0 Å². The lowest BCUT2D eigenvalue weighted by Gasteiger charge is -2.64. The van der Waals surface area contributed by atoms with Crippen LogP contribution in [0.5, 0.6) is 0 Å². The summed E-state index contributed by atoms with van der Waals surface area (Å²) in [6.07, 6.45) is 4.42. The molecule has 0 radical (unpaired) electrons. The molecule has 4 aliphatic rings. The van der Waals surface area contributed by atoms with Gasteiger partial charge in [0.15, 0.2) is 0 Å². The van der Waals surface area contributed by atoms with Gasteiger partial charge in [-0.3, -0.25) is 20.9 Å². The molecule has 48 heavy (non-hydrogen) atoms. The van der Waals surface area contributed by atoms with Gasteiger partial charge in [-0.1, -0.05) is 57.2 Å². The molecule has 0 heterocycles. The van der Waals surface area contributed by atoms with Gasteiger partial charge in [0.1, 0.15) is 12.2 Å². The number of ether oxygens (including phenoxy) is 2. The highest BCUT2D eigenvalue weighted by atomic mass is 16.6. The van der Waals surface area contributed by atoms with E-state index in [9.17, 15) is 19.5 Å². The van der Waals surface area contributed by atoms with Crippen molar-refractivity contribution in [3.05, 3.63) is 60.7 Å². The zero-order valence-corrected chi connectivity index (χ0v) is 28.4. The number of aliphatic hydroxyl groups excluding tert-OH is 1. The number of amides is 3. The van der Waals surface area contributed by atoms with Crippen LogP contribution in [0.25, 0.3) is 0 Å². The summed E-state index contributed by atoms with van der Waals surface area (Å²) in [5.74, 6) is 6.07. The molecule has 0 bridgehead atoms. The van der Waals surface area contributed by atoms with E-state index in [2.05, 4.69) is 36.8 Å². The minimum atomic E-state index is -0.475. The Labute approximate surface area is 283 Å². The van der Waals surface area contributed by atoms with E-state index >= 15 is 0 Å². The lowest BCUT2D eigenvalue weighted by atomic mass is 9.43. The van der Waals surface area contributed by atoms with E-state index in [4.69, 9.17) is 15.3 Å². The number of hydrazine groups is 1. The van der Waals surface area contributed by atoms with Crippen molar-refractivity contribution in [2.75, 3.05) is 10.6 Å². The molecule has 4 aliphatic carbocycles. The summed E-state index contributed by atoms with van der Waals surface area (Å²) >= 11 is 0. The Hall–Kier alpha value is -3.63. The summed E-state index contributed by atoms with van der Waals surface area (Å²) in [5.41, 5.74) is 3.10. The number of nitrogens with one attached hydrogen (secondary N) is 3. The molecule has 4 saturated carbocycles. The fourth-order valence-corrected chi connectivity index (χ4v) is 10.6. The second-order valence-corrected chi connectivity index (χ2v) is 15.3.